The van der Waals surface area contributed by atoms with E-state index >= 15 is 0 Å². The Balaban J connectivity index is 1.42. The topological polar surface area (TPSA) is 127 Å². The van der Waals surface area contributed by atoms with E-state index in [4.69, 9.17) is 9.47 Å². The molecule has 1 unspecified atom stereocenters. The Hall–Kier alpha value is -3.57. The second-order valence-electron chi connectivity index (χ2n) is 9.82. The average Bonchev–Trinajstić information content (AvgIpc) is 3.38. The van der Waals surface area contributed by atoms with Crippen LogP contribution in [0, 0.1) is 11.8 Å². The molecule has 4 aliphatic heterocycles. The third kappa shape index (κ3) is 3.15. The van der Waals surface area contributed by atoms with Gasteiger partial charge in [0.2, 0.25) is 5.91 Å². The van der Waals surface area contributed by atoms with Crippen LogP contribution < -0.4 is 0 Å². The second kappa shape index (κ2) is 8.24. The molecule has 0 saturated carbocycles. The van der Waals surface area contributed by atoms with E-state index in [2.05, 4.69) is 10.3 Å². The Bertz CT molecular complexity index is 1300. The van der Waals surface area contributed by atoms with Crippen LogP contribution in [0.5, 0.6) is 0 Å². The standard InChI is InChI=1S/C25H27N5O6/c1-24-9-5-14-35-23(34)19(24)18-21(32)29(12-6-13-31)20-22(33)28(11-4-10-25(18,20)36-24)15-30-17-8-3-2-7-16(17)26-27-30/h2-5,7-10,18-20,31H,6,11-15H2,1H3/t18-,19-,20?,24+,25-/m0/s1. The van der Waals surface area contributed by atoms with Crippen molar-refractivity contribution in [2.75, 3.05) is 26.3 Å². The minimum absolute atomic E-state index is 0.105. The normalized spacial score (nSPS) is 33.4. The van der Waals surface area contributed by atoms with Crippen LogP contribution in [0.4, 0.5) is 0 Å². The molecule has 0 radical (unpaired) electrons. The maximum Gasteiger partial charge on any atom is 0.313 e. The Morgan fingerprint density at radius 3 is 2.78 bits per heavy atom. The average molecular weight is 494 g/mol. The summed E-state index contributed by atoms with van der Waals surface area (Å²) in [5.41, 5.74) is -0.949. The molecule has 36 heavy (non-hydrogen) atoms. The third-order valence-electron chi connectivity index (χ3n) is 7.68. The summed E-state index contributed by atoms with van der Waals surface area (Å²) < 4.78 is 13.6. The van der Waals surface area contributed by atoms with Crippen LogP contribution in [0.15, 0.2) is 48.6 Å². The Morgan fingerprint density at radius 2 is 1.94 bits per heavy atom. The predicted octanol–water partition coefficient (Wildman–Crippen LogP) is 0.254. The monoisotopic (exact) mass is 493 g/mol. The van der Waals surface area contributed by atoms with Crippen LogP contribution >= 0.6 is 0 Å². The van der Waals surface area contributed by atoms with Crippen molar-refractivity contribution in [2.45, 2.75) is 37.3 Å². The number of benzene rings is 1. The number of hydrogen-bond acceptors (Lipinski definition) is 8. The van der Waals surface area contributed by atoms with Gasteiger partial charge in [-0.1, -0.05) is 35.6 Å². The summed E-state index contributed by atoms with van der Waals surface area (Å²) in [4.78, 5) is 44.2. The van der Waals surface area contributed by atoms with E-state index in [-0.39, 0.29) is 44.8 Å². The number of likely N-dealkylation sites (tertiary alicyclic amines) is 1. The molecule has 5 atom stereocenters. The Morgan fingerprint density at radius 1 is 1.11 bits per heavy atom. The molecule has 1 aromatic carbocycles. The number of ether oxygens (including phenoxy) is 2. The number of cyclic esters (lactones) is 1. The molecule has 2 saturated heterocycles. The summed E-state index contributed by atoms with van der Waals surface area (Å²) in [5, 5.41) is 17.9. The van der Waals surface area contributed by atoms with Gasteiger partial charge in [0.25, 0.3) is 5.91 Å². The van der Waals surface area contributed by atoms with Gasteiger partial charge in [-0.25, -0.2) is 4.68 Å². The first-order valence-corrected chi connectivity index (χ1v) is 12.1. The van der Waals surface area contributed by atoms with Crippen molar-refractivity contribution >= 4 is 28.8 Å². The summed E-state index contributed by atoms with van der Waals surface area (Å²) in [7, 11) is 0. The maximum atomic E-state index is 14.2. The summed E-state index contributed by atoms with van der Waals surface area (Å²) >= 11 is 0. The van der Waals surface area contributed by atoms with Crippen LogP contribution in [-0.4, -0.2) is 91.2 Å². The molecule has 1 aromatic heterocycles. The second-order valence-corrected chi connectivity index (χ2v) is 9.82. The van der Waals surface area contributed by atoms with Gasteiger partial charge in [-0.3, -0.25) is 14.4 Å². The predicted molar refractivity (Wildman–Crippen MR) is 125 cm³/mol. The molecule has 2 amide bonds. The molecule has 188 valence electrons. The number of carbonyl (C=O) groups excluding carboxylic acids is 3. The van der Waals surface area contributed by atoms with Gasteiger partial charge in [0.05, 0.1) is 17.0 Å². The van der Waals surface area contributed by atoms with Crippen LogP contribution in [0.25, 0.3) is 11.0 Å². The molecule has 2 aromatic rings. The number of aliphatic hydroxyl groups excluding tert-OH is 1. The highest BCUT2D eigenvalue weighted by Gasteiger charge is 2.74. The van der Waals surface area contributed by atoms with Crippen LogP contribution in [0.3, 0.4) is 0 Å². The van der Waals surface area contributed by atoms with E-state index in [1.54, 1.807) is 34.7 Å². The smallest absolute Gasteiger partial charge is 0.313 e. The molecule has 1 spiro atoms. The van der Waals surface area contributed by atoms with Crippen LogP contribution in [-0.2, 0) is 30.5 Å². The number of para-hydroxylation sites is 1. The minimum atomic E-state index is -1.34. The SMILES string of the molecule is C[C@@]12C=CCOC(=O)[C@@H]1[C@H]1C(=O)N(CCCO)C3C(=O)N(Cn4nnc5ccccc54)CC=C[C@@]31O2. The number of hydrogen-bond donors (Lipinski definition) is 1. The van der Waals surface area contributed by atoms with E-state index < -0.39 is 35.0 Å². The number of rotatable bonds is 5. The van der Waals surface area contributed by atoms with Crippen molar-refractivity contribution in [2.24, 2.45) is 11.8 Å². The highest BCUT2D eigenvalue weighted by Crippen LogP contribution is 2.57. The van der Waals surface area contributed by atoms with E-state index in [1.807, 2.05) is 30.3 Å². The number of aliphatic hydroxyl groups is 1. The van der Waals surface area contributed by atoms with Crippen molar-refractivity contribution < 1.29 is 29.0 Å². The van der Waals surface area contributed by atoms with Gasteiger partial charge in [0.15, 0.2) is 0 Å². The van der Waals surface area contributed by atoms with Crippen molar-refractivity contribution in [1.82, 2.24) is 24.8 Å². The highest BCUT2D eigenvalue weighted by atomic mass is 16.6. The summed E-state index contributed by atoms with van der Waals surface area (Å²) in [6, 6.07) is 6.47. The first-order valence-electron chi connectivity index (χ1n) is 12.1. The zero-order chi connectivity index (χ0) is 25.1. The molecule has 1 N–H and O–H groups in total. The van der Waals surface area contributed by atoms with E-state index in [1.165, 1.54) is 4.90 Å². The van der Waals surface area contributed by atoms with Crippen molar-refractivity contribution in [3.8, 4) is 0 Å². The lowest BCUT2D eigenvalue weighted by Crippen LogP contribution is -2.56. The first kappa shape index (κ1) is 22.9. The lowest BCUT2D eigenvalue weighted by Gasteiger charge is -2.37. The lowest BCUT2D eigenvalue weighted by molar-refractivity contribution is -0.158. The highest BCUT2D eigenvalue weighted by molar-refractivity contribution is 5.99. The molecule has 0 aliphatic carbocycles. The Labute approximate surface area is 206 Å². The van der Waals surface area contributed by atoms with Crippen LogP contribution in [0.1, 0.15) is 13.3 Å². The largest absolute Gasteiger partial charge is 0.461 e. The zero-order valence-corrected chi connectivity index (χ0v) is 19.8. The first-order chi connectivity index (χ1) is 17.4. The quantitative estimate of drug-likeness (QED) is 0.464. The molecule has 4 aliphatic rings. The fraction of sp³-hybridized carbons (Fsp3) is 0.480. The molecule has 2 fully saturated rings. The van der Waals surface area contributed by atoms with E-state index in [9.17, 15) is 19.5 Å². The van der Waals surface area contributed by atoms with Gasteiger partial charge < -0.3 is 24.4 Å². The number of nitrogens with zero attached hydrogens (tertiary/aromatic N) is 5. The van der Waals surface area contributed by atoms with Crippen molar-refractivity contribution in [3.05, 3.63) is 48.6 Å². The molecular formula is C25H27N5O6. The van der Waals surface area contributed by atoms with Gasteiger partial charge in [0, 0.05) is 19.7 Å². The third-order valence-corrected chi connectivity index (χ3v) is 7.68. The van der Waals surface area contributed by atoms with Gasteiger partial charge in [-0.05, 0) is 31.6 Å². The van der Waals surface area contributed by atoms with Gasteiger partial charge >= 0.3 is 5.97 Å². The van der Waals surface area contributed by atoms with E-state index in [0.29, 0.717) is 11.9 Å². The molecule has 0 bridgehead atoms. The summed E-state index contributed by atoms with van der Waals surface area (Å²) in [6.07, 6.45) is 7.36. The lowest BCUT2D eigenvalue weighted by atomic mass is 9.75. The number of amides is 2. The number of esters is 1. The van der Waals surface area contributed by atoms with Crippen molar-refractivity contribution in [1.29, 1.82) is 0 Å². The Kier molecular flexibility index (Phi) is 5.23. The van der Waals surface area contributed by atoms with Crippen LogP contribution in [0.2, 0.25) is 0 Å². The van der Waals surface area contributed by atoms with Gasteiger partial charge in [-0.2, -0.15) is 0 Å². The van der Waals surface area contributed by atoms with Crippen molar-refractivity contribution in [3.63, 3.8) is 0 Å². The van der Waals surface area contributed by atoms with E-state index in [0.717, 1.165) is 5.52 Å². The molecule has 11 nitrogen and oxygen atoms in total. The number of fused-ring (bicyclic) bond motifs is 3. The summed E-state index contributed by atoms with van der Waals surface area (Å²) in [6.45, 7) is 2.29. The zero-order valence-electron chi connectivity index (χ0n) is 19.8. The molecule has 5 heterocycles. The van der Waals surface area contributed by atoms with Gasteiger partial charge in [-0.15, -0.1) is 5.10 Å². The maximum absolute atomic E-state index is 14.2. The fourth-order valence-corrected chi connectivity index (χ4v) is 6.19. The molecular weight excluding hydrogens is 466 g/mol. The fourth-order valence-electron chi connectivity index (χ4n) is 6.19. The molecule has 6 rings (SSSR count). The molecule has 11 heteroatoms. The number of aromatic nitrogens is 3. The number of carbonyl (C=O) groups is 3. The van der Waals surface area contributed by atoms with Gasteiger partial charge in [0.1, 0.15) is 36.4 Å². The summed E-state index contributed by atoms with van der Waals surface area (Å²) in [5.74, 6) is -3.00. The minimum Gasteiger partial charge on any atom is -0.461 e.